The molecule has 14 heteroatoms. The first kappa shape index (κ1) is 33.0. The van der Waals surface area contributed by atoms with E-state index in [4.69, 9.17) is 57.3 Å². The lowest BCUT2D eigenvalue weighted by molar-refractivity contribution is -0.373. The molecule has 48 heavy (non-hydrogen) atoms. The molecular weight excluding hydrogens is 628 g/mol. The second kappa shape index (κ2) is 10.2. The molecule has 0 bridgehead atoms. The molecule has 2 spiro atoms. The Bertz CT molecular complexity index is 1500. The van der Waals surface area contributed by atoms with E-state index >= 15 is 0 Å². The molecule has 8 heterocycles. The molecule has 8 atom stereocenters. The Morgan fingerprint density at radius 2 is 0.938 bits per heavy atom. The zero-order valence-corrected chi connectivity index (χ0v) is 28.5. The van der Waals surface area contributed by atoms with Gasteiger partial charge in [-0.05, 0) is 79.7 Å². The van der Waals surface area contributed by atoms with Gasteiger partial charge in [-0.25, -0.2) is 9.97 Å². The van der Waals surface area contributed by atoms with Crippen LogP contribution in [0.3, 0.4) is 0 Å². The molecular formula is C34H44N2O12. The Morgan fingerprint density at radius 3 is 1.29 bits per heavy atom. The highest BCUT2D eigenvalue weighted by atomic mass is 16.9. The molecule has 6 saturated heterocycles. The Labute approximate surface area is 278 Å². The van der Waals surface area contributed by atoms with Crippen LogP contribution < -0.4 is 0 Å². The summed E-state index contributed by atoms with van der Waals surface area (Å²) in [5.41, 5.74) is -2.70. The van der Waals surface area contributed by atoms with Crippen molar-refractivity contribution in [2.75, 3.05) is 26.4 Å². The van der Waals surface area contributed by atoms with Gasteiger partial charge in [0.05, 0.1) is 36.0 Å². The lowest BCUT2D eigenvalue weighted by Crippen LogP contribution is -2.69. The first-order chi connectivity index (χ1) is 22.3. The number of hydrogen-bond acceptors (Lipinski definition) is 14. The van der Waals surface area contributed by atoms with Crippen LogP contribution in [0.5, 0.6) is 0 Å². The Kier molecular flexibility index (Phi) is 7.02. The van der Waals surface area contributed by atoms with Crippen molar-refractivity contribution in [3.05, 3.63) is 47.8 Å². The number of nitrogens with zero attached hydrogens (tertiary/aromatic N) is 2. The molecule has 0 radical (unpaired) electrons. The van der Waals surface area contributed by atoms with E-state index in [1.54, 1.807) is 91.8 Å². The fourth-order valence-electron chi connectivity index (χ4n) is 7.94. The van der Waals surface area contributed by atoms with Crippen molar-refractivity contribution in [1.29, 1.82) is 0 Å². The van der Waals surface area contributed by atoms with Gasteiger partial charge in [0.15, 0.2) is 34.4 Å². The van der Waals surface area contributed by atoms with Gasteiger partial charge < -0.3 is 57.6 Å². The van der Waals surface area contributed by atoms with Gasteiger partial charge in [0.1, 0.15) is 37.6 Å². The van der Waals surface area contributed by atoms with Gasteiger partial charge in [-0.15, -0.1) is 0 Å². The third-order valence-electron chi connectivity index (χ3n) is 9.90. The standard InChI is InChI=1S/C34H44N2O12/c1-27(2)41-17-31(47-27)33(37,25-21(15-39-31)43-29(5,6)45-25)23-13-9-11-19(35-23)20-12-10-14-24(36-20)34(38)26-22(44-30(7,8)46-26)16-40-32(34)18-42-28(3,4)48-32/h9-14,21-22,25-26,37-38H,15-18H2,1-8H3/t21-,22-,25-,26-,31+,32+,33-,34-/m1/s1. The third-order valence-corrected chi connectivity index (χ3v) is 9.90. The average molecular weight is 673 g/mol. The van der Waals surface area contributed by atoms with Crippen LogP contribution in [0.2, 0.25) is 0 Å². The van der Waals surface area contributed by atoms with Gasteiger partial charge in [-0.1, -0.05) is 12.1 Å². The highest BCUT2D eigenvalue weighted by Gasteiger charge is 2.73. The van der Waals surface area contributed by atoms with Crippen molar-refractivity contribution < 1.29 is 57.6 Å². The fraction of sp³-hybridized carbons (Fsp3) is 0.706. The molecule has 6 fully saturated rings. The smallest absolute Gasteiger partial charge is 0.233 e. The van der Waals surface area contributed by atoms with Crippen LogP contribution >= 0.6 is 0 Å². The molecule has 0 amide bonds. The largest absolute Gasteiger partial charge is 0.376 e. The summed E-state index contributed by atoms with van der Waals surface area (Å²) in [5.74, 6) is -7.36. The van der Waals surface area contributed by atoms with Crippen molar-refractivity contribution in [2.45, 2.75) is 126 Å². The van der Waals surface area contributed by atoms with E-state index in [9.17, 15) is 10.2 Å². The van der Waals surface area contributed by atoms with Crippen LogP contribution in [0.25, 0.3) is 11.4 Å². The SMILES string of the molecule is CC1(C)O[C@@H]2[C@@H](CO[C@]3(COC(C)(C)O3)[C@@]2(O)c2cccc(-c3cccc([C@@]4(O)[C@@H]5OC(C)(C)O[C@@H]5CO[C@]45COC(C)(C)O5)n3)n2)O1. The summed E-state index contributed by atoms with van der Waals surface area (Å²) in [6.45, 7) is 14.2. The normalized spacial score (nSPS) is 43.5. The topological polar surface area (TPSA) is 159 Å². The summed E-state index contributed by atoms with van der Waals surface area (Å²) in [6.07, 6.45) is -3.00. The molecule has 2 aromatic heterocycles. The van der Waals surface area contributed by atoms with E-state index in [-0.39, 0.29) is 37.8 Å². The number of fused-ring (bicyclic) bond motifs is 2. The minimum absolute atomic E-state index is 0.0718. The van der Waals surface area contributed by atoms with Gasteiger partial charge >= 0.3 is 0 Å². The number of pyridine rings is 2. The highest BCUT2D eigenvalue weighted by Crippen LogP contribution is 2.55. The minimum Gasteiger partial charge on any atom is -0.376 e. The molecule has 0 aliphatic carbocycles. The van der Waals surface area contributed by atoms with Crippen molar-refractivity contribution in [1.82, 2.24) is 9.97 Å². The zero-order chi connectivity index (χ0) is 34.2. The molecule has 2 N–H and O–H groups in total. The van der Waals surface area contributed by atoms with Crippen LogP contribution in [0, 0.1) is 0 Å². The molecule has 6 aliphatic rings. The predicted octanol–water partition coefficient (Wildman–Crippen LogP) is 2.58. The number of hydrogen-bond donors (Lipinski definition) is 2. The van der Waals surface area contributed by atoms with Gasteiger partial charge in [0.25, 0.3) is 0 Å². The molecule has 0 saturated carbocycles. The molecule has 0 aromatic carbocycles. The van der Waals surface area contributed by atoms with Gasteiger partial charge in [0, 0.05) is 0 Å². The Hall–Kier alpha value is -2.18. The van der Waals surface area contributed by atoms with Crippen LogP contribution in [-0.2, 0) is 58.6 Å². The highest BCUT2D eigenvalue weighted by molar-refractivity contribution is 5.55. The van der Waals surface area contributed by atoms with Crippen molar-refractivity contribution in [3.63, 3.8) is 0 Å². The van der Waals surface area contributed by atoms with Crippen LogP contribution in [0.1, 0.15) is 66.8 Å². The van der Waals surface area contributed by atoms with Gasteiger partial charge in [-0.3, -0.25) is 0 Å². The molecule has 6 aliphatic heterocycles. The van der Waals surface area contributed by atoms with E-state index in [0.717, 1.165) is 0 Å². The average Bonchev–Trinajstić information content (AvgIpc) is 3.73. The van der Waals surface area contributed by atoms with E-state index in [1.165, 1.54) is 0 Å². The number of ether oxygens (including phenoxy) is 10. The van der Waals surface area contributed by atoms with Gasteiger partial charge in [-0.2, -0.15) is 0 Å². The summed E-state index contributed by atoms with van der Waals surface area (Å²) < 4.78 is 61.9. The lowest BCUT2D eigenvalue weighted by atomic mass is 9.78. The summed E-state index contributed by atoms with van der Waals surface area (Å²) in [4.78, 5) is 9.87. The molecule has 14 nitrogen and oxygen atoms in total. The quantitative estimate of drug-likeness (QED) is 0.490. The maximum atomic E-state index is 12.8. The van der Waals surface area contributed by atoms with E-state index in [2.05, 4.69) is 0 Å². The monoisotopic (exact) mass is 672 g/mol. The van der Waals surface area contributed by atoms with E-state index in [1.807, 2.05) is 0 Å². The molecule has 0 unspecified atom stereocenters. The number of aliphatic hydroxyl groups is 2. The van der Waals surface area contributed by atoms with Crippen molar-refractivity contribution in [2.24, 2.45) is 0 Å². The first-order valence-electron chi connectivity index (χ1n) is 16.4. The first-order valence-corrected chi connectivity index (χ1v) is 16.4. The number of aromatic nitrogens is 2. The molecule has 2 aromatic rings. The molecule has 8 rings (SSSR count). The van der Waals surface area contributed by atoms with E-state index < -0.39 is 70.3 Å². The summed E-state index contributed by atoms with van der Waals surface area (Å²) in [7, 11) is 0. The summed E-state index contributed by atoms with van der Waals surface area (Å²) in [5, 5.41) is 25.6. The maximum Gasteiger partial charge on any atom is 0.233 e. The Morgan fingerprint density at radius 1 is 0.542 bits per heavy atom. The van der Waals surface area contributed by atoms with Crippen LogP contribution in [0.4, 0.5) is 0 Å². The fourth-order valence-corrected chi connectivity index (χ4v) is 7.94. The second-order valence-corrected chi connectivity index (χ2v) is 15.2. The third kappa shape index (κ3) is 4.77. The summed E-state index contributed by atoms with van der Waals surface area (Å²) >= 11 is 0. The van der Waals surface area contributed by atoms with Crippen molar-refractivity contribution in [3.8, 4) is 11.4 Å². The predicted molar refractivity (Wildman–Crippen MR) is 163 cm³/mol. The van der Waals surface area contributed by atoms with Crippen LogP contribution in [0.15, 0.2) is 36.4 Å². The van der Waals surface area contributed by atoms with Crippen molar-refractivity contribution >= 4 is 0 Å². The van der Waals surface area contributed by atoms with Gasteiger partial charge in [0.2, 0.25) is 11.6 Å². The lowest BCUT2D eigenvalue weighted by Gasteiger charge is -2.50. The number of rotatable bonds is 3. The minimum atomic E-state index is -1.96. The maximum absolute atomic E-state index is 12.8. The Balaban J connectivity index is 1.22. The van der Waals surface area contributed by atoms with Crippen LogP contribution in [-0.4, -0.2) is 106 Å². The van der Waals surface area contributed by atoms with E-state index in [0.29, 0.717) is 11.4 Å². The molecule has 262 valence electrons. The zero-order valence-electron chi connectivity index (χ0n) is 28.5. The second-order valence-electron chi connectivity index (χ2n) is 15.2. The summed E-state index contributed by atoms with van der Waals surface area (Å²) in [6, 6.07) is 10.4.